The van der Waals surface area contributed by atoms with Crippen LogP contribution in [0, 0.1) is 31.1 Å². The minimum absolute atomic E-state index is 0.0735. The summed E-state index contributed by atoms with van der Waals surface area (Å²) in [6, 6.07) is 22.6. The number of para-hydroxylation sites is 1. The van der Waals surface area contributed by atoms with Crippen molar-refractivity contribution in [3.8, 4) is 5.69 Å². The molecule has 5 heteroatoms. The summed E-state index contributed by atoms with van der Waals surface area (Å²) in [6.45, 7) is 18.4. The normalized spacial score (nSPS) is 27.4. The molecule has 0 amide bonds. The van der Waals surface area contributed by atoms with Crippen molar-refractivity contribution in [2.75, 3.05) is 0 Å². The van der Waals surface area contributed by atoms with Gasteiger partial charge in [-0.2, -0.15) is 0 Å². The summed E-state index contributed by atoms with van der Waals surface area (Å²) in [5, 5.41) is 2.46. The van der Waals surface area contributed by atoms with E-state index in [2.05, 4.69) is 139 Å². The van der Waals surface area contributed by atoms with Crippen LogP contribution in [0.1, 0.15) is 69.4 Å². The van der Waals surface area contributed by atoms with Crippen LogP contribution >= 0.6 is 11.8 Å². The first kappa shape index (κ1) is 29.1. The van der Waals surface area contributed by atoms with Crippen LogP contribution in [-0.4, -0.2) is 26.6 Å². The zero-order valence-corrected chi connectivity index (χ0v) is 29.3. The molecule has 4 heterocycles. The van der Waals surface area contributed by atoms with Crippen molar-refractivity contribution in [2.45, 2.75) is 81.7 Å². The maximum Gasteiger partial charge on any atom is 0.217 e. The van der Waals surface area contributed by atoms with Gasteiger partial charge in [-0.05, 0) is 92.3 Å². The van der Waals surface area contributed by atoms with Gasteiger partial charge in [0, 0.05) is 49.1 Å². The van der Waals surface area contributed by atoms with Crippen molar-refractivity contribution in [3.63, 3.8) is 0 Å². The van der Waals surface area contributed by atoms with Crippen LogP contribution in [0.25, 0.3) is 27.6 Å². The minimum Gasteiger partial charge on any atom is -0.468 e. The largest absolute Gasteiger partial charge is 0.468 e. The quantitative estimate of drug-likeness (QED) is 0.198. The third-order valence-corrected chi connectivity index (χ3v) is 13.5. The van der Waals surface area contributed by atoms with E-state index in [4.69, 9.17) is 14.7 Å². The fourth-order valence-corrected chi connectivity index (χ4v) is 10.5. The molecule has 0 spiro atoms. The van der Waals surface area contributed by atoms with Gasteiger partial charge < -0.3 is 4.74 Å². The van der Waals surface area contributed by atoms with Gasteiger partial charge in [0.2, 0.25) is 5.90 Å². The molecule has 9 rings (SSSR count). The first-order chi connectivity index (χ1) is 22.3. The molecule has 1 saturated carbocycles. The second-order valence-electron chi connectivity index (χ2n) is 15.6. The number of rotatable bonds is 3. The molecule has 2 aliphatic heterocycles. The number of allylic oxidation sites excluding steroid dienone is 3. The fraction of sp³-hybridized carbons (Fsp3) is 0.333. The third kappa shape index (κ3) is 3.61. The molecule has 1 fully saturated rings. The number of benzene rings is 3. The van der Waals surface area contributed by atoms with Gasteiger partial charge >= 0.3 is 0 Å². The van der Waals surface area contributed by atoms with Gasteiger partial charge in [0.1, 0.15) is 16.8 Å². The molecule has 47 heavy (non-hydrogen) atoms. The van der Waals surface area contributed by atoms with Gasteiger partial charge in [-0.15, -0.1) is 0 Å². The lowest BCUT2D eigenvalue weighted by molar-refractivity contribution is -0.0378. The van der Waals surface area contributed by atoms with Gasteiger partial charge in [0.25, 0.3) is 0 Å². The smallest absolute Gasteiger partial charge is 0.217 e. The van der Waals surface area contributed by atoms with Crippen LogP contribution in [0.3, 0.4) is 0 Å². The Morgan fingerprint density at radius 3 is 2.38 bits per heavy atom. The highest BCUT2D eigenvalue weighted by Gasteiger charge is 2.72. The average Bonchev–Trinajstić information content (AvgIpc) is 3.57. The van der Waals surface area contributed by atoms with Gasteiger partial charge in [-0.25, -0.2) is 9.98 Å². The molecule has 5 aromatic rings. The molecular weight excluding hydrogens is 595 g/mol. The second kappa shape index (κ2) is 9.29. The van der Waals surface area contributed by atoms with Gasteiger partial charge in [-0.3, -0.25) is 4.57 Å². The third-order valence-electron chi connectivity index (χ3n) is 12.4. The highest BCUT2D eigenvalue weighted by Crippen LogP contribution is 2.65. The molecule has 4 nitrogen and oxygen atoms in total. The number of hydrogen-bond acceptors (Lipinski definition) is 4. The van der Waals surface area contributed by atoms with Gasteiger partial charge in [0.05, 0.1) is 11.2 Å². The van der Waals surface area contributed by atoms with Crippen molar-refractivity contribution < 1.29 is 4.74 Å². The van der Waals surface area contributed by atoms with E-state index in [-0.39, 0.29) is 16.4 Å². The summed E-state index contributed by atoms with van der Waals surface area (Å²) < 4.78 is 9.41. The Balaban J connectivity index is 1.14. The summed E-state index contributed by atoms with van der Waals surface area (Å²) in [5.74, 6) is 1.47. The number of aryl methyl sites for hydroxylation is 2. The van der Waals surface area contributed by atoms with E-state index in [9.17, 15) is 0 Å². The highest BCUT2D eigenvalue weighted by atomic mass is 32.2. The van der Waals surface area contributed by atoms with Crippen molar-refractivity contribution in [3.05, 3.63) is 119 Å². The minimum atomic E-state index is -0.419. The standard InChI is InChI=1S/C42H41N3OS/c1-24-19-26(38-44-41(7)31-16-10-9-15-30(31)40(5,6)42(41,8)46-38)22-27(20-24)47-35-23-34-33(21-25(35)2)39(3,4)32-17-11-13-28-29-14-12-18-43-37(29)45(34)36(28)32/h9-23,30-31H,1-8H3/t30?,31?,41-,42+/m1/s1. The first-order valence-corrected chi connectivity index (χ1v) is 17.6. The van der Waals surface area contributed by atoms with E-state index in [0.717, 1.165) is 17.1 Å². The number of pyridine rings is 1. The Morgan fingerprint density at radius 2 is 1.57 bits per heavy atom. The monoisotopic (exact) mass is 635 g/mol. The van der Waals surface area contributed by atoms with E-state index in [0.29, 0.717) is 11.8 Å². The summed E-state index contributed by atoms with van der Waals surface area (Å²) in [6.07, 6.45) is 11.0. The summed E-state index contributed by atoms with van der Waals surface area (Å²) >= 11 is 1.83. The van der Waals surface area contributed by atoms with E-state index in [1.807, 2.05) is 24.0 Å². The lowest BCUT2D eigenvalue weighted by Crippen LogP contribution is -2.52. The Hall–Kier alpha value is -4.09. The lowest BCUT2D eigenvalue weighted by Gasteiger charge is -2.42. The number of fused-ring (bicyclic) bond motifs is 8. The zero-order valence-electron chi connectivity index (χ0n) is 28.5. The predicted molar refractivity (Wildman–Crippen MR) is 194 cm³/mol. The average molecular weight is 636 g/mol. The molecule has 4 atom stereocenters. The summed E-state index contributed by atoms with van der Waals surface area (Å²) in [7, 11) is 0. The van der Waals surface area contributed by atoms with Crippen molar-refractivity contribution in [1.29, 1.82) is 0 Å². The topological polar surface area (TPSA) is 39.4 Å². The molecule has 236 valence electrons. The number of hydrogen-bond donors (Lipinski definition) is 0. The van der Waals surface area contributed by atoms with Crippen molar-refractivity contribution in [2.24, 2.45) is 22.2 Å². The maximum atomic E-state index is 7.01. The molecule has 2 aromatic heterocycles. The molecule has 0 saturated heterocycles. The van der Waals surface area contributed by atoms with Crippen LogP contribution in [0.4, 0.5) is 0 Å². The molecule has 3 aromatic carbocycles. The summed E-state index contributed by atoms with van der Waals surface area (Å²) in [4.78, 5) is 12.8. The van der Waals surface area contributed by atoms with Gasteiger partial charge in [-0.1, -0.05) is 88.0 Å². The Morgan fingerprint density at radius 1 is 0.809 bits per heavy atom. The number of ether oxygens (including phenoxy) is 1. The molecule has 0 radical (unpaired) electrons. The van der Waals surface area contributed by atoms with Crippen molar-refractivity contribution >= 4 is 39.6 Å². The van der Waals surface area contributed by atoms with E-state index in [1.165, 1.54) is 54.0 Å². The summed E-state index contributed by atoms with van der Waals surface area (Å²) in [5.41, 5.74) is 8.76. The Bertz CT molecular complexity index is 2290. The van der Waals surface area contributed by atoms with Crippen LogP contribution < -0.4 is 0 Å². The van der Waals surface area contributed by atoms with Gasteiger partial charge in [0.15, 0.2) is 0 Å². The van der Waals surface area contributed by atoms with E-state index < -0.39 is 5.60 Å². The highest BCUT2D eigenvalue weighted by molar-refractivity contribution is 7.99. The van der Waals surface area contributed by atoms with Crippen LogP contribution in [0.2, 0.25) is 0 Å². The predicted octanol–water partition coefficient (Wildman–Crippen LogP) is 10.3. The van der Waals surface area contributed by atoms with Crippen molar-refractivity contribution in [1.82, 2.24) is 9.55 Å². The number of aromatic nitrogens is 2. The molecular formula is C42H41N3OS. The van der Waals surface area contributed by atoms with Crippen LogP contribution in [0.5, 0.6) is 0 Å². The molecule has 0 bridgehead atoms. The Labute approximate surface area is 281 Å². The number of aliphatic imine (C=N–C) groups is 1. The maximum absolute atomic E-state index is 7.01. The number of nitrogens with zero attached hydrogens (tertiary/aromatic N) is 3. The SMILES string of the molecule is Cc1cc(Sc2cc3c(cc2C)C(C)(C)c2cccc4c5cccnc5n-3c24)cc(C2=N[C@]3(C)C4C=CC=CC4C(C)(C)[C@]3(C)O2)c1. The fourth-order valence-electron chi connectivity index (χ4n) is 9.40. The molecule has 4 aliphatic rings. The van der Waals surface area contributed by atoms with Crippen LogP contribution in [-0.2, 0) is 10.2 Å². The van der Waals surface area contributed by atoms with Crippen LogP contribution in [0.15, 0.2) is 106 Å². The molecule has 2 aliphatic carbocycles. The molecule has 2 unspecified atom stereocenters. The lowest BCUT2D eigenvalue weighted by atomic mass is 9.70. The second-order valence-corrected chi connectivity index (χ2v) is 16.7. The van der Waals surface area contributed by atoms with E-state index in [1.54, 1.807) is 0 Å². The van der Waals surface area contributed by atoms with E-state index >= 15 is 0 Å². The first-order valence-electron chi connectivity index (χ1n) is 16.8. The molecule has 0 N–H and O–H groups in total. The zero-order chi connectivity index (χ0) is 32.7. The Kier molecular flexibility index (Phi) is 5.75.